The molecule has 5 heteroatoms. The van der Waals surface area contributed by atoms with Gasteiger partial charge in [0.05, 0.1) is 17.7 Å². The molecule has 2 rings (SSSR count). The first-order valence-electron chi connectivity index (χ1n) is 5.89. The number of amides is 1. The number of aliphatic hydroxyl groups is 1. The molecule has 0 bridgehead atoms. The number of nitrogens with one attached hydrogen (secondary N) is 2. The van der Waals surface area contributed by atoms with Gasteiger partial charge in [0.25, 0.3) is 0 Å². The molecule has 2 unspecified atom stereocenters. The normalized spacial score (nSPS) is 32.1. The van der Waals surface area contributed by atoms with E-state index in [-0.39, 0.29) is 18.1 Å². The molecule has 2 atom stereocenters. The van der Waals surface area contributed by atoms with Crippen LogP contribution in [0.25, 0.3) is 0 Å². The molecule has 0 aromatic carbocycles. The molecule has 2 aliphatic rings. The van der Waals surface area contributed by atoms with Gasteiger partial charge in [-0.3, -0.25) is 4.79 Å². The Morgan fingerprint density at radius 1 is 1.62 bits per heavy atom. The number of rotatable bonds is 4. The number of ether oxygens (including phenoxy) is 1. The Hall–Kier alpha value is -0.650. The van der Waals surface area contributed by atoms with Crippen LogP contribution in [-0.4, -0.2) is 49.0 Å². The largest absolute Gasteiger partial charge is 0.388 e. The van der Waals surface area contributed by atoms with Gasteiger partial charge < -0.3 is 20.5 Å². The van der Waals surface area contributed by atoms with Crippen LogP contribution in [0, 0.1) is 0 Å². The molecule has 1 amide bonds. The smallest absolute Gasteiger partial charge is 0.237 e. The van der Waals surface area contributed by atoms with Crippen molar-refractivity contribution >= 4 is 5.91 Å². The summed E-state index contributed by atoms with van der Waals surface area (Å²) >= 11 is 0. The quantitative estimate of drug-likeness (QED) is 0.600. The van der Waals surface area contributed by atoms with E-state index in [1.807, 2.05) is 0 Å². The monoisotopic (exact) mass is 228 g/mol. The van der Waals surface area contributed by atoms with Gasteiger partial charge in [0.1, 0.15) is 0 Å². The van der Waals surface area contributed by atoms with Gasteiger partial charge >= 0.3 is 0 Å². The van der Waals surface area contributed by atoms with Crippen molar-refractivity contribution < 1.29 is 14.6 Å². The molecule has 1 heterocycles. The molecule has 0 aromatic heterocycles. The second kappa shape index (κ2) is 4.69. The molecule has 0 radical (unpaired) electrons. The zero-order chi connectivity index (χ0) is 11.6. The molecule has 1 aliphatic heterocycles. The Labute approximate surface area is 95.5 Å². The third-order valence-electron chi connectivity index (χ3n) is 3.62. The third-order valence-corrected chi connectivity index (χ3v) is 3.62. The van der Waals surface area contributed by atoms with E-state index in [0.717, 1.165) is 25.8 Å². The van der Waals surface area contributed by atoms with Crippen molar-refractivity contribution in [3.05, 3.63) is 0 Å². The van der Waals surface area contributed by atoms with Gasteiger partial charge in [-0.15, -0.1) is 0 Å². The van der Waals surface area contributed by atoms with Gasteiger partial charge in [-0.1, -0.05) is 0 Å². The van der Waals surface area contributed by atoms with Crippen molar-refractivity contribution in [1.29, 1.82) is 0 Å². The number of carbonyl (C=O) groups is 1. The molecule has 5 nitrogen and oxygen atoms in total. The molecule has 0 aromatic rings. The van der Waals surface area contributed by atoms with E-state index in [4.69, 9.17) is 4.74 Å². The van der Waals surface area contributed by atoms with Crippen LogP contribution in [0.1, 0.15) is 25.7 Å². The minimum atomic E-state index is -0.644. The van der Waals surface area contributed by atoms with Crippen molar-refractivity contribution in [3.63, 3.8) is 0 Å². The molecular formula is C11H20N2O3. The van der Waals surface area contributed by atoms with Crippen molar-refractivity contribution in [2.75, 3.05) is 20.2 Å². The second-order valence-electron chi connectivity index (χ2n) is 4.85. The molecule has 0 spiro atoms. The first-order valence-corrected chi connectivity index (χ1v) is 5.89. The average Bonchev–Trinajstić information content (AvgIpc) is 2.71. The van der Waals surface area contributed by atoms with Crippen molar-refractivity contribution in [1.82, 2.24) is 10.6 Å². The van der Waals surface area contributed by atoms with Crippen LogP contribution in [0.15, 0.2) is 0 Å². The van der Waals surface area contributed by atoms with Crippen LogP contribution in [0.2, 0.25) is 0 Å². The lowest BCUT2D eigenvalue weighted by Crippen LogP contribution is -2.51. The number of carbonyl (C=O) groups excluding carboxylic acids is 1. The van der Waals surface area contributed by atoms with Gasteiger partial charge in [-0.2, -0.15) is 0 Å². The zero-order valence-corrected chi connectivity index (χ0v) is 9.66. The molecule has 16 heavy (non-hydrogen) atoms. The summed E-state index contributed by atoms with van der Waals surface area (Å²) in [6, 6.07) is -0.173. The van der Waals surface area contributed by atoms with E-state index < -0.39 is 5.60 Å². The predicted molar refractivity (Wildman–Crippen MR) is 59.0 cm³/mol. The van der Waals surface area contributed by atoms with Gasteiger partial charge in [0.2, 0.25) is 5.91 Å². The summed E-state index contributed by atoms with van der Waals surface area (Å²) in [5, 5.41) is 15.8. The van der Waals surface area contributed by atoms with Crippen molar-refractivity contribution in [2.24, 2.45) is 0 Å². The minimum Gasteiger partial charge on any atom is -0.388 e. The Morgan fingerprint density at radius 3 is 2.88 bits per heavy atom. The summed E-state index contributed by atoms with van der Waals surface area (Å²) in [4.78, 5) is 11.8. The van der Waals surface area contributed by atoms with E-state index in [0.29, 0.717) is 13.0 Å². The Kier molecular flexibility index (Phi) is 3.47. The molecule has 1 saturated heterocycles. The fraction of sp³-hybridized carbons (Fsp3) is 0.909. The Balaban J connectivity index is 1.72. The third kappa shape index (κ3) is 2.53. The maximum Gasteiger partial charge on any atom is 0.237 e. The highest BCUT2D eigenvalue weighted by atomic mass is 16.5. The summed E-state index contributed by atoms with van der Waals surface area (Å²) < 4.78 is 5.18. The highest BCUT2D eigenvalue weighted by Gasteiger charge is 2.36. The van der Waals surface area contributed by atoms with E-state index in [1.165, 1.54) is 0 Å². The molecule has 1 aliphatic carbocycles. The van der Waals surface area contributed by atoms with Gasteiger partial charge in [-0.25, -0.2) is 0 Å². The Bertz CT molecular complexity index is 266. The van der Waals surface area contributed by atoms with Crippen molar-refractivity contribution in [3.8, 4) is 0 Å². The van der Waals surface area contributed by atoms with Gasteiger partial charge in [0, 0.05) is 20.2 Å². The first kappa shape index (κ1) is 11.8. The van der Waals surface area contributed by atoms with Crippen LogP contribution >= 0.6 is 0 Å². The number of methoxy groups -OCH3 is 1. The van der Waals surface area contributed by atoms with Gasteiger partial charge in [-0.05, 0) is 25.7 Å². The zero-order valence-electron chi connectivity index (χ0n) is 9.66. The van der Waals surface area contributed by atoms with Crippen LogP contribution in [-0.2, 0) is 9.53 Å². The highest BCUT2D eigenvalue weighted by Crippen LogP contribution is 2.30. The van der Waals surface area contributed by atoms with Crippen LogP contribution in [0.5, 0.6) is 0 Å². The maximum atomic E-state index is 11.8. The summed E-state index contributed by atoms with van der Waals surface area (Å²) in [7, 11) is 1.66. The summed E-state index contributed by atoms with van der Waals surface area (Å²) in [5.74, 6) is -0.0279. The lowest BCUT2D eigenvalue weighted by molar-refractivity contribution is -0.125. The first-order chi connectivity index (χ1) is 7.63. The molecule has 92 valence electrons. The second-order valence-corrected chi connectivity index (χ2v) is 4.85. The van der Waals surface area contributed by atoms with Gasteiger partial charge in [0.15, 0.2) is 0 Å². The standard InChI is InChI=1S/C11H20N2O3/c1-16-8-5-9(12-6-8)10(14)13-7-11(15)3-2-4-11/h8-9,12,15H,2-7H2,1H3,(H,13,14). The Morgan fingerprint density at radius 2 is 2.38 bits per heavy atom. The topological polar surface area (TPSA) is 70.6 Å². The van der Waals surface area contributed by atoms with Crippen molar-refractivity contribution in [2.45, 2.75) is 43.4 Å². The van der Waals surface area contributed by atoms with E-state index >= 15 is 0 Å². The summed E-state index contributed by atoms with van der Waals surface area (Å²) in [6.07, 6.45) is 3.49. The van der Waals surface area contributed by atoms with E-state index in [9.17, 15) is 9.90 Å². The van der Waals surface area contributed by atoms with E-state index in [1.54, 1.807) is 7.11 Å². The predicted octanol–water partition coefficient (Wildman–Crippen LogP) is -0.605. The highest BCUT2D eigenvalue weighted by molar-refractivity contribution is 5.82. The fourth-order valence-electron chi connectivity index (χ4n) is 2.22. The maximum absolute atomic E-state index is 11.8. The summed E-state index contributed by atoms with van der Waals surface area (Å²) in [6.45, 7) is 1.10. The summed E-state index contributed by atoms with van der Waals surface area (Å²) in [5.41, 5.74) is -0.644. The SMILES string of the molecule is COC1CNC(C(=O)NCC2(O)CCC2)C1. The van der Waals surface area contributed by atoms with Crippen LogP contribution in [0.4, 0.5) is 0 Å². The molecule has 2 fully saturated rings. The lowest BCUT2D eigenvalue weighted by Gasteiger charge is -2.36. The van der Waals surface area contributed by atoms with E-state index in [2.05, 4.69) is 10.6 Å². The molecular weight excluding hydrogens is 208 g/mol. The van der Waals surface area contributed by atoms with Crippen LogP contribution < -0.4 is 10.6 Å². The number of hydrogen-bond donors (Lipinski definition) is 3. The molecule has 3 N–H and O–H groups in total. The molecule has 1 saturated carbocycles. The number of hydrogen-bond acceptors (Lipinski definition) is 4. The lowest BCUT2D eigenvalue weighted by atomic mass is 9.80. The average molecular weight is 228 g/mol. The minimum absolute atomic E-state index is 0.0279. The fourth-order valence-corrected chi connectivity index (χ4v) is 2.22. The van der Waals surface area contributed by atoms with Crippen LogP contribution in [0.3, 0.4) is 0 Å².